The number of aldehydes is 1. The highest BCUT2D eigenvalue weighted by molar-refractivity contribution is 5.62. The molecule has 0 saturated heterocycles. The Morgan fingerprint density at radius 1 is 1.33 bits per heavy atom. The topological polar surface area (TPSA) is 29.1 Å². The summed E-state index contributed by atoms with van der Waals surface area (Å²) in [7, 11) is 1.81. The van der Waals surface area contributed by atoms with E-state index < -0.39 is 0 Å². The van der Waals surface area contributed by atoms with Gasteiger partial charge < -0.3 is 10.1 Å². The third-order valence-corrected chi connectivity index (χ3v) is 2.75. The highest BCUT2D eigenvalue weighted by atomic mass is 16.1. The van der Waals surface area contributed by atoms with E-state index in [0.717, 1.165) is 17.4 Å². The van der Waals surface area contributed by atoms with Crippen molar-refractivity contribution in [2.45, 2.75) is 32.7 Å². The largest absolute Gasteiger partial charge is 0.307 e. The predicted molar refractivity (Wildman–Crippen MR) is 63.1 cm³/mol. The van der Waals surface area contributed by atoms with Crippen LogP contribution in [0.3, 0.4) is 0 Å². The fourth-order valence-corrected chi connectivity index (χ4v) is 1.65. The van der Waals surface area contributed by atoms with Crippen molar-refractivity contribution >= 4 is 6.29 Å². The molecular formula is C13H19NO. The van der Waals surface area contributed by atoms with Crippen LogP contribution in [0.2, 0.25) is 0 Å². The van der Waals surface area contributed by atoms with Gasteiger partial charge in [-0.2, -0.15) is 0 Å². The first-order valence-electron chi connectivity index (χ1n) is 5.33. The van der Waals surface area contributed by atoms with E-state index in [0.29, 0.717) is 5.92 Å². The van der Waals surface area contributed by atoms with Crippen molar-refractivity contribution in [3.05, 3.63) is 34.9 Å². The molecule has 2 nitrogen and oxygen atoms in total. The fraction of sp³-hybridized carbons (Fsp3) is 0.462. The molecule has 82 valence electrons. The second-order valence-corrected chi connectivity index (χ2v) is 4.17. The zero-order valence-corrected chi connectivity index (χ0v) is 9.87. The first-order valence-corrected chi connectivity index (χ1v) is 5.33. The molecular weight excluding hydrogens is 186 g/mol. The van der Waals surface area contributed by atoms with Gasteiger partial charge in [-0.05, 0) is 36.6 Å². The van der Waals surface area contributed by atoms with E-state index in [1.807, 2.05) is 6.92 Å². The van der Waals surface area contributed by atoms with Gasteiger partial charge in [0.2, 0.25) is 0 Å². The van der Waals surface area contributed by atoms with Crippen LogP contribution in [0.25, 0.3) is 0 Å². The minimum absolute atomic E-state index is 0.191. The van der Waals surface area contributed by atoms with Crippen LogP contribution in [-0.4, -0.2) is 13.3 Å². The summed E-state index contributed by atoms with van der Waals surface area (Å²) in [5.74, 6) is 0.494. The maximum absolute atomic E-state index is 10.9. The van der Waals surface area contributed by atoms with Crippen LogP contribution in [0.4, 0.5) is 0 Å². The summed E-state index contributed by atoms with van der Waals surface area (Å²) >= 11 is 0. The summed E-state index contributed by atoms with van der Waals surface area (Å²) in [5, 5.41) is 3.01. The van der Waals surface area contributed by atoms with Crippen LogP contribution in [-0.2, 0) is 4.79 Å². The summed E-state index contributed by atoms with van der Waals surface area (Å²) < 4.78 is 0. The van der Waals surface area contributed by atoms with E-state index in [1.54, 1.807) is 7.05 Å². The molecule has 1 rings (SSSR count). The van der Waals surface area contributed by atoms with Gasteiger partial charge in [-0.3, -0.25) is 0 Å². The molecule has 1 aromatic rings. The number of benzene rings is 1. The van der Waals surface area contributed by atoms with Crippen molar-refractivity contribution in [1.82, 2.24) is 5.32 Å². The van der Waals surface area contributed by atoms with E-state index in [9.17, 15) is 4.79 Å². The molecule has 0 aliphatic carbocycles. The molecule has 15 heavy (non-hydrogen) atoms. The van der Waals surface area contributed by atoms with Crippen molar-refractivity contribution in [1.29, 1.82) is 0 Å². The normalized spacial score (nSPS) is 12.9. The number of nitrogens with one attached hydrogen (secondary N) is 1. The first kappa shape index (κ1) is 11.9. The number of aryl methyl sites for hydroxylation is 1. The molecule has 0 fully saturated rings. The molecule has 1 N–H and O–H groups in total. The van der Waals surface area contributed by atoms with Crippen LogP contribution >= 0.6 is 0 Å². The molecule has 2 heteroatoms. The molecule has 1 atom stereocenters. The molecule has 0 saturated carbocycles. The highest BCUT2D eigenvalue weighted by Crippen LogP contribution is 2.22. The lowest BCUT2D eigenvalue weighted by Gasteiger charge is -2.15. The molecule has 1 aromatic carbocycles. The Balaban J connectivity index is 3.14. The summed E-state index contributed by atoms with van der Waals surface area (Å²) in [5.41, 5.74) is 3.52. The molecule has 0 heterocycles. The van der Waals surface area contributed by atoms with E-state index in [1.165, 1.54) is 5.56 Å². The standard InChI is InChI=1S/C13H19NO/c1-9(2)11-6-5-10(3)12(7-11)13(8-15)14-4/h5-9,13-14H,1-4H3. The molecule has 0 spiro atoms. The van der Waals surface area contributed by atoms with E-state index in [4.69, 9.17) is 0 Å². The van der Waals surface area contributed by atoms with E-state index >= 15 is 0 Å². The molecule has 0 bridgehead atoms. The van der Waals surface area contributed by atoms with Gasteiger partial charge in [0.1, 0.15) is 6.29 Å². The van der Waals surface area contributed by atoms with E-state index in [-0.39, 0.29) is 6.04 Å². The lowest BCUT2D eigenvalue weighted by atomic mass is 9.94. The Labute approximate surface area is 91.7 Å². The summed E-state index contributed by atoms with van der Waals surface area (Å²) in [6.07, 6.45) is 0.951. The zero-order valence-electron chi connectivity index (χ0n) is 9.87. The summed E-state index contributed by atoms with van der Waals surface area (Å²) in [6.45, 7) is 6.35. The first-order chi connectivity index (χ1) is 7.10. The summed E-state index contributed by atoms with van der Waals surface area (Å²) in [6, 6.07) is 6.14. The van der Waals surface area contributed by atoms with Crippen LogP contribution in [0.1, 0.15) is 42.5 Å². The minimum Gasteiger partial charge on any atom is -0.307 e. The average Bonchev–Trinajstić information content (AvgIpc) is 2.22. The lowest BCUT2D eigenvalue weighted by Crippen LogP contribution is -2.18. The Bertz CT molecular complexity index is 344. The van der Waals surface area contributed by atoms with Crippen molar-refractivity contribution in [3.63, 3.8) is 0 Å². The molecule has 0 aliphatic rings. The number of carbonyl (C=O) groups is 1. The van der Waals surface area contributed by atoms with Crippen LogP contribution in [0.5, 0.6) is 0 Å². The van der Waals surface area contributed by atoms with Gasteiger partial charge in [0.15, 0.2) is 0 Å². The molecule has 1 unspecified atom stereocenters. The van der Waals surface area contributed by atoms with Crippen LogP contribution in [0, 0.1) is 6.92 Å². The summed E-state index contributed by atoms with van der Waals surface area (Å²) in [4.78, 5) is 10.9. The monoisotopic (exact) mass is 205 g/mol. The van der Waals surface area contributed by atoms with Crippen LogP contribution in [0.15, 0.2) is 18.2 Å². The molecule has 0 radical (unpaired) electrons. The maximum Gasteiger partial charge on any atom is 0.141 e. The number of hydrogen-bond donors (Lipinski definition) is 1. The van der Waals surface area contributed by atoms with Gasteiger partial charge in [0.25, 0.3) is 0 Å². The average molecular weight is 205 g/mol. The Kier molecular flexibility index (Phi) is 4.04. The quantitative estimate of drug-likeness (QED) is 0.765. The van der Waals surface area contributed by atoms with Gasteiger partial charge in [-0.25, -0.2) is 0 Å². The smallest absolute Gasteiger partial charge is 0.141 e. The van der Waals surface area contributed by atoms with Crippen molar-refractivity contribution in [2.24, 2.45) is 0 Å². The number of likely N-dealkylation sites (N-methyl/N-ethyl adjacent to an activating group) is 1. The van der Waals surface area contributed by atoms with Crippen molar-refractivity contribution in [3.8, 4) is 0 Å². The number of carbonyl (C=O) groups excluding carboxylic acids is 1. The highest BCUT2D eigenvalue weighted by Gasteiger charge is 2.11. The van der Waals surface area contributed by atoms with Gasteiger partial charge >= 0.3 is 0 Å². The lowest BCUT2D eigenvalue weighted by molar-refractivity contribution is -0.109. The van der Waals surface area contributed by atoms with Crippen LogP contribution < -0.4 is 5.32 Å². The van der Waals surface area contributed by atoms with Crippen molar-refractivity contribution < 1.29 is 4.79 Å². The SMILES string of the molecule is CNC(C=O)c1cc(C(C)C)ccc1C. The predicted octanol–water partition coefficient (Wildman–Crippen LogP) is 2.58. The Hall–Kier alpha value is -1.15. The minimum atomic E-state index is -0.191. The second kappa shape index (κ2) is 5.08. The van der Waals surface area contributed by atoms with E-state index in [2.05, 4.69) is 37.4 Å². The van der Waals surface area contributed by atoms with Gasteiger partial charge in [-0.15, -0.1) is 0 Å². The Morgan fingerprint density at radius 3 is 2.47 bits per heavy atom. The van der Waals surface area contributed by atoms with Gasteiger partial charge in [0, 0.05) is 0 Å². The number of rotatable bonds is 4. The number of hydrogen-bond acceptors (Lipinski definition) is 2. The second-order valence-electron chi connectivity index (χ2n) is 4.17. The third kappa shape index (κ3) is 2.66. The van der Waals surface area contributed by atoms with Gasteiger partial charge in [-0.1, -0.05) is 32.0 Å². The van der Waals surface area contributed by atoms with Crippen molar-refractivity contribution in [2.75, 3.05) is 7.05 Å². The molecule has 0 amide bonds. The molecule has 0 aromatic heterocycles. The zero-order chi connectivity index (χ0) is 11.4. The third-order valence-electron chi connectivity index (χ3n) is 2.75. The molecule has 0 aliphatic heterocycles. The fourth-order valence-electron chi connectivity index (χ4n) is 1.65. The Morgan fingerprint density at radius 2 is 2.00 bits per heavy atom. The van der Waals surface area contributed by atoms with Gasteiger partial charge in [0.05, 0.1) is 6.04 Å². The maximum atomic E-state index is 10.9.